The largest absolute Gasteiger partial charge is 0.480 e. The quantitative estimate of drug-likeness (QED) is 0.608. The van der Waals surface area contributed by atoms with Crippen LogP contribution in [0.15, 0.2) is 23.1 Å². The van der Waals surface area contributed by atoms with E-state index in [0.717, 1.165) is 25.3 Å². The third-order valence-electron chi connectivity index (χ3n) is 4.94. The lowest BCUT2D eigenvalue weighted by atomic mass is 10.2. The van der Waals surface area contributed by atoms with Crippen LogP contribution in [0.4, 0.5) is 11.4 Å². The first kappa shape index (κ1) is 18.6. The number of sulfonamides is 1. The second-order valence-electron chi connectivity index (χ2n) is 6.56. The Hall–Kier alpha value is -2.20. The van der Waals surface area contributed by atoms with Crippen molar-refractivity contribution in [2.24, 2.45) is 0 Å². The summed E-state index contributed by atoms with van der Waals surface area (Å²) < 4.78 is 26.9. The highest BCUT2D eigenvalue weighted by Gasteiger charge is 2.36. The van der Waals surface area contributed by atoms with Gasteiger partial charge in [0.1, 0.15) is 11.7 Å². The van der Waals surface area contributed by atoms with E-state index < -0.39 is 27.0 Å². The molecule has 1 aromatic carbocycles. The molecule has 0 saturated carbocycles. The van der Waals surface area contributed by atoms with Crippen LogP contribution in [-0.4, -0.2) is 54.4 Å². The van der Waals surface area contributed by atoms with Crippen LogP contribution in [0.3, 0.4) is 0 Å². The van der Waals surface area contributed by atoms with Crippen molar-refractivity contribution in [3.8, 4) is 0 Å². The zero-order chi connectivity index (χ0) is 18.9. The summed E-state index contributed by atoms with van der Waals surface area (Å²) in [7, 11) is -3.79. The van der Waals surface area contributed by atoms with E-state index in [1.807, 2.05) is 0 Å². The van der Waals surface area contributed by atoms with E-state index in [1.165, 1.54) is 21.3 Å². The number of hydrogen-bond donors (Lipinski definition) is 1. The molecule has 26 heavy (non-hydrogen) atoms. The van der Waals surface area contributed by atoms with E-state index in [0.29, 0.717) is 32.5 Å². The fourth-order valence-electron chi connectivity index (χ4n) is 3.62. The monoisotopic (exact) mass is 383 g/mol. The van der Waals surface area contributed by atoms with E-state index in [4.69, 9.17) is 0 Å². The van der Waals surface area contributed by atoms with Gasteiger partial charge in [-0.25, -0.2) is 13.2 Å². The molecule has 142 valence electrons. The van der Waals surface area contributed by atoms with Gasteiger partial charge >= 0.3 is 5.97 Å². The molecule has 10 heteroatoms. The molecule has 0 amide bonds. The Morgan fingerprint density at radius 3 is 2.46 bits per heavy atom. The summed E-state index contributed by atoms with van der Waals surface area (Å²) in [6.45, 7) is 1.20. The molecule has 9 nitrogen and oxygen atoms in total. The molecule has 2 saturated heterocycles. The highest BCUT2D eigenvalue weighted by molar-refractivity contribution is 7.89. The number of nitro groups is 1. The minimum atomic E-state index is -3.79. The average Bonchev–Trinajstić information content (AvgIpc) is 3.11. The maximum atomic E-state index is 12.8. The molecule has 1 atom stereocenters. The van der Waals surface area contributed by atoms with Crippen LogP contribution >= 0.6 is 0 Å². The number of carbonyl (C=O) groups is 1. The lowest BCUT2D eigenvalue weighted by Gasteiger charge is -2.27. The first-order valence-electron chi connectivity index (χ1n) is 8.60. The minimum Gasteiger partial charge on any atom is -0.480 e. The summed E-state index contributed by atoms with van der Waals surface area (Å²) in [6.07, 6.45) is 3.53. The van der Waals surface area contributed by atoms with Crippen LogP contribution in [0.2, 0.25) is 0 Å². The molecule has 1 aromatic rings. The van der Waals surface area contributed by atoms with Crippen molar-refractivity contribution in [3.63, 3.8) is 0 Å². The number of carboxylic acids is 1. The van der Waals surface area contributed by atoms with Gasteiger partial charge in [0.15, 0.2) is 0 Å². The standard InChI is InChI=1S/C16H21N3O6S/c20-16(21)14-5-4-10-18(14)13-7-6-12(11-15(13)19(22)23)26(24,25)17-8-2-1-3-9-17/h6-7,11,14H,1-5,8-10H2,(H,20,21)/t14-/m1/s1. The summed E-state index contributed by atoms with van der Waals surface area (Å²) in [5.41, 5.74) is -0.228. The molecule has 1 N–H and O–H groups in total. The Bertz CT molecular complexity index is 819. The predicted octanol–water partition coefficient (Wildman–Crippen LogP) is 1.82. The van der Waals surface area contributed by atoms with E-state index in [-0.39, 0.29) is 16.3 Å². The molecule has 0 unspecified atom stereocenters. The van der Waals surface area contributed by atoms with Crippen molar-refractivity contribution in [1.82, 2.24) is 4.31 Å². The van der Waals surface area contributed by atoms with E-state index >= 15 is 0 Å². The first-order valence-corrected chi connectivity index (χ1v) is 10.0. The summed E-state index contributed by atoms with van der Waals surface area (Å²) in [4.78, 5) is 23.6. The Morgan fingerprint density at radius 1 is 1.15 bits per heavy atom. The van der Waals surface area contributed by atoms with Crippen LogP contribution < -0.4 is 4.90 Å². The second kappa shape index (κ2) is 7.20. The Morgan fingerprint density at radius 2 is 1.85 bits per heavy atom. The Balaban J connectivity index is 2.00. The van der Waals surface area contributed by atoms with E-state index in [1.54, 1.807) is 0 Å². The van der Waals surface area contributed by atoms with Gasteiger partial charge in [-0.3, -0.25) is 10.1 Å². The van der Waals surface area contributed by atoms with Crippen molar-refractivity contribution in [2.45, 2.75) is 43.0 Å². The molecule has 2 heterocycles. The number of anilines is 1. The number of hydrogen-bond acceptors (Lipinski definition) is 6. The van der Waals surface area contributed by atoms with Crippen molar-refractivity contribution in [1.29, 1.82) is 0 Å². The topological polar surface area (TPSA) is 121 Å². The lowest BCUT2D eigenvalue weighted by Crippen LogP contribution is -2.37. The Kier molecular flexibility index (Phi) is 5.15. The number of piperidine rings is 1. The Labute approximate surface area is 151 Å². The lowest BCUT2D eigenvalue weighted by molar-refractivity contribution is -0.384. The van der Waals surface area contributed by atoms with Gasteiger partial charge in [-0.2, -0.15) is 4.31 Å². The van der Waals surface area contributed by atoms with Crippen LogP contribution in [0.25, 0.3) is 0 Å². The summed E-state index contributed by atoms with van der Waals surface area (Å²) in [5, 5.41) is 20.8. The number of rotatable bonds is 5. The van der Waals surface area contributed by atoms with Gasteiger partial charge in [-0.1, -0.05) is 6.42 Å². The molecule has 2 aliphatic heterocycles. The normalized spacial score (nSPS) is 21.7. The third kappa shape index (κ3) is 3.38. The molecular weight excluding hydrogens is 362 g/mol. The van der Waals surface area contributed by atoms with Gasteiger partial charge in [0.2, 0.25) is 10.0 Å². The highest BCUT2D eigenvalue weighted by Crippen LogP contribution is 2.36. The first-order chi connectivity index (χ1) is 12.3. The predicted molar refractivity (Wildman–Crippen MR) is 93.7 cm³/mol. The fraction of sp³-hybridized carbons (Fsp3) is 0.562. The van der Waals surface area contributed by atoms with E-state index in [2.05, 4.69) is 0 Å². The van der Waals surface area contributed by atoms with Gasteiger partial charge in [0.05, 0.1) is 9.82 Å². The van der Waals surface area contributed by atoms with Gasteiger partial charge < -0.3 is 10.0 Å². The van der Waals surface area contributed by atoms with Crippen LogP contribution in [-0.2, 0) is 14.8 Å². The average molecular weight is 383 g/mol. The zero-order valence-corrected chi connectivity index (χ0v) is 15.0. The number of benzene rings is 1. The SMILES string of the molecule is O=C(O)[C@H]1CCCN1c1ccc(S(=O)(=O)N2CCCCC2)cc1[N+](=O)[O-]. The summed E-state index contributed by atoms with van der Waals surface area (Å²) in [5.74, 6) is -1.04. The molecule has 0 spiro atoms. The maximum absolute atomic E-state index is 12.8. The molecule has 0 aliphatic carbocycles. The molecule has 2 aliphatic rings. The summed E-state index contributed by atoms with van der Waals surface area (Å²) >= 11 is 0. The highest BCUT2D eigenvalue weighted by atomic mass is 32.2. The van der Waals surface area contributed by atoms with Crippen molar-refractivity contribution in [2.75, 3.05) is 24.5 Å². The number of aliphatic carboxylic acids is 1. The van der Waals surface area contributed by atoms with Gasteiger partial charge in [0, 0.05) is 25.7 Å². The molecule has 0 aromatic heterocycles. The van der Waals surface area contributed by atoms with Crippen LogP contribution in [0, 0.1) is 10.1 Å². The smallest absolute Gasteiger partial charge is 0.326 e. The molecular formula is C16H21N3O6S. The van der Waals surface area contributed by atoms with Crippen LogP contribution in [0.5, 0.6) is 0 Å². The molecule has 0 radical (unpaired) electrons. The van der Waals surface area contributed by atoms with Crippen LogP contribution in [0.1, 0.15) is 32.1 Å². The maximum Gasteiger partial charge on any atom is 0.326 e. The van der Waals surface area contributed by atoms with Crippen molar-refractivity contribution >= 4 is 27.4 Å². The van der Waals surface area contributed by atoms with E-state index in [9.17, 15) is 28.4 Å². The summed E-state index contributed by atoms with van der Waals surface area (Å²) in [6, 6.07) is 2.91. The number of nitrogens with zero attached hydrogens (tertiary/aromatic N) is 3. The number of carboxylic acid groups (broad SMARTS) is 1. The second-order valence-corrected chi connectivity index (χ2v) is 8.50. The number of nitro benzene ring substituents is 1. The fourth-order valence-corrected chi connectivity index (χ4v) is 5.16. The zero-order valence-electron chi connectivity index (χ0n) is 14.2. The van der Waals surface area contributed by atoms with Crippen molar-refractivity contribution < 1.29 is 23.2 Å². The molecule has 3 rings (SSSR count). The molecule has 0 bridgehead atoms. The van der Waals surface area contributed by atoms with Gasteiger partial charge in [-0.05, 0) is 37.8 Å². The van der Waals surface area contributed by atoms with Crippen molar-refractivity contribution in [3.05, 3.63) is 28.3 Å². The van der Waals surface area contributed by atoms with Gasteiger partial charge in [-0.15, -0.1) is 0 Å². The van der Waals surface area contributed by atoms with Gasteiger partial charge in [0.25, 0.3) is 5.69 Å². The minimum absolute atomic E-state index is 0.124. The molecule has 2 fully saturated rings. The third-order valence-corrected chi connectivity index (χ3v) is 6.84.